The molecule has 230 valence electrons. The fraction of sp³-hybridized carbons (Fsp3) is 0.515. The summed E-state index contributed by atoms with van der Waals surface area (Å²) >= 11 is 0. The monoisotopic (exact) mass is 593 g/mol. The minimum Gasteiger partial charge on any atom is -0.380 e. The minimum absolute atomic E-state index is 0.0824. The van der Waals surface area contributed by atoms with Gasteiger partial charge < -0.3 is 28.9 Å². The molecule has 0 radical (unpaired) electrons. The lowest BCUT2D eigenvalue weighted by molar-refractivity contribution is -0.124. The van der Waals surface area contributed by atoms with Crippen LogP contribution in [0.15, 0.2) is 16.9 Å². The van der Waals surface area contributed by atoms with Crippen LogP contribution >= 0.6 is 0 Å². The Morgan fingerprint density at radius 2 is 2.00 bits per heavy atom. The summed E-state index contributed by atoms with van der Waals surface area (Å²) in [6.45, 7) is 9.08. The Morgan fingerprint density at radius 3 is 2.67 bits per heavy atom. The van der Waals surface area contributed by atoms with Crippen LogP contribution in [0.3, 0.4) is 0 Å². The zero-order chi connectivity index (χ0) is 30.8. The summed E-state index contributed by atoms with van der Waals surface area (Å²) in [4.78, 5) is 43.8. The number of nitrogens with zero attached hydrogens (tertiary/aromatic N) is 2. The van der Waals surface area contributed by atoms with E-state index in [0.717, 1.165) is 28.4 Å². The first-order valence-corrected chi connectivity index (χ1v) is 15.2. The lowest BCUT2D eigenvalue weighted by Crippen LogP contribution is -2.32. The van der Waals surface area contributed by atoms with E-state index in [1.54, 1.807) is 11.5 Å². The van der Waals surface area contributed by atoms with Crippen molar-refractivity contribution in [2.24, 2.45) is 0 Å². The van der Waals surface area contributed by atoms with Crippen molar-refractivity contribution in [2.45, 2.75) is 91.2 Å². The molecule has 3 aromatic rings. The normalized spacial score (nSPS) is 17.7. The summed E-state index contributed by atoms with van der Waals surface area (Å²) in [6.07, 6.45) is 2.93. The standard InChI is InChI=1S/C31H34FN3O6.C2H6/c1-4-17(14-36)19-11-25-30-20(13-35(25)31(38)21(19)15-39-3)29-23(33-26(37)7-8-27-40-9-10-41-27)6-5-18-16(2)22(32)12-24(34-30)28(18)29;1-2/h11-12,14,17,23,27H,4-10,13,15H2,1-3H3,(H,33,37);1-2H3. The van der Waals surface area contributed by atoms with Crippen molar-refractivity contribution in [3.05, 3.63) is 61.7 Å². The molecule has 3 aliphatic rings. The maximum absolute atomic E-state index is 15.1. The Kier molecular flexibility index (Phi) is 9.39. The second-order valence-corrected chi connectivity index (χ2v) is 11.0. The van der Waals surface area contributed by atoms with Gasteiger partial charge in [-0.1, -0.05) is 20.8 Å². The van der Waals surface area contributed by atoms with Crippen molar-refractivity contribution < 1.29 is 28.2 Å². The molecule has 2 atom stereocenters. The van der Waals surface area contributed by atoms with Crippen molar-refractivity contribution in [2.75, 3.05) is 20.3 Å². The van der Waals surface area contributed by atoms with Crippen LogP contribution in [0.25, 0.3) is 22.3 Å². The van der Waals surface area contributed by atoms with Gasteiger partial charge in [0, 0.05) is 48.4 Å². The van der Waals surface area contributed by atoms with E-state index in [4.69, 9.17) is 19.2 Å². The van der Waals surface area contributed by atoms with Crippen LogP contribution in [0.1, 0.15) is 91.8 Å². The molecule has 4 heterocycles. The van der Waals surface area contributed by atoms with Gasteiger partial charge in [0.1, 0.15) is 12.1 Å². The highest BCUT2D eigenvalue weighted by atomic mass is 19.1. The number of carbonyl (C=O) groups is 2. The highest BCUT2D eigenvalue weighted by molar-refractivity contribution is 5.93. The lowest BCUT2D eigenvalue weighted by Gasteiger charge is -2.30. The van der Waals surface area contributed by atoms with E-state index in [9.17, 15) is 14.4 Å². The Balaban J connectivity index is 0.00000180. The van der Waals surface area contributed by atoms with Gasteiger partial charge in [0.05, 0.1) is 49.3 Å². The number of nitrogens with one attached hydrogen (secondary N) is 1. The number of rotatable bonds is 9. The third-order valence-corrected chi connectivity index (χ3v) is 8.70. The van der Waals surface area contributed by atoms with Gasteiger partial charge in [-0.25, -0.2) is 9.37 Å². The third kappa shape index (κ3) is 5.52. The average Bonchev–Trinajstić information content (AvgIpc) is 3.67. The summed E-state index contributed by atoms with van der Waals surface area (Å²) in [6, 6.07) is 2.97. The molecule has 6 rings (SSSR count). The van der Waals surface area contributed by atoms with E-state index in [-0.39, 0.29) is 49.2 Å². The fourth-order valence-electron chi connectivity index (χ4n) is 6.61. The number of aromatic nitrogens is 2. The average molecular weight is 594 g/mol. The number of halogens is 1. The van der Waals surface area contributed by atoms with Crippen molar-refractivity contribution in [1.82, 2.24) is 14.9 Å². The van der Waals surface area contributed by atoms with Crippen LogP contribution in [0, 0.1) is 12.7 Å². The highest BCUT2D eigenvalue weighted by Crippen LogP contribution is 2.45. The number of benzene rings is 1. The molecular weight excluding hydrogens is 553 g/mol. The quantitative estimate of drug-likeness (QED) is 0.272. The van der Waals surface area contributed by atoms with Gasteiger partial charge in [0.2, 0.25) is 5.91 Å². The molecular formula is C33H40FN3O6. The van der Waals surface area contributed by atoms with Gasteiger partial charge in [-0.3, -0.25) is 9.59 Å². The van der Waals surface area contributed by atoms with Crippen LogP contribution in [0.5, 0.6) is 0 Å². The fourth-order valence-corrected chi connectivity index (χ4v) is 6.61. The molecule has 2 aromatic heterocycles. The highest BCUT2D eigenvalue weighted by Gasteiger charge is 2.35. The van der Waals surface area contributed by atoms with Gasteiger partial charge in [0.25, 0.3) is 5.56 Å². The van der Waals surface area contributed by atoms with Crippen LogP contribution in [-0.4, -0.2) is 48.4 Å². The first-order chi connectivity index (χ1) is 20.9. The van der Waals surface area contributed by atoms with Crippen LogP contribution in [0.4, 0.5) is 4.39 Å². The molecule has 0 spiro atoms. The number of carbonyl (C=O) groups excluding carboxylic acids is 2. The molecule has 1 N–H and O–H groups in total. The van der Waals surface area contributed by atoms with Crippen LogP contribution < -0.4 is 10.9 Å². The molecule has 1 aliphatic carbocycles. The largest absolute Gasteiger partial charge is 0.380 e. The Morgan fingerprint density at radius 1 is 1.26 bits per heavy atom. The first-order valence-electron chi connectivity index (χ1n) is 15.2. The molecule has 1 aromatic carbocycles. The number of fused-ring (bicyclic) bond motifs is 4. The predicted molar refractivity (Wildman–Crippen MR) is 161 cm³/mol. The van der Waals surface area contributed by atoms with E-state index in [1.807, 2.05) is 26.8 Å². The number of amides is 1. The lowest BCUT2D eigenvalue weighted by atomic mass is 9.81. The summed E-state index contributed by atoms with van der Waals surface area (Å²) in [7, 11) is 1.52. The maximum Gasteiger partial charge on any atom is 0.257 e. The van der Waals surface area contributed by atoms with E-state index < -0.39 is 5.92 Å². The molecule has 2 aliphatic heterocycles. The molecule has 1 amide bonds. The molecule has 9 nitrogen and oxygen atoms in total. The van der Waals surface area contributed by atoms with E-state index in [2.05, 4.69) is 5.32 Å². The molecule has 0 bridgehead atoms. The first kappa shape index (κ1) is 31.0. The second-order valence-electron chi connectivity index (χ2n) is 11.0. The number of hydrogen-bond acceptors (Lipinski definition) is 7. The Labute approximate surface area is 250 Å². The Hall–Kier alpha value is -3.47. The van der Waals surface area contributed by atoms with Gasteiger partial charge >= 0.3 is 0 Å². The molecule has 0 saturated carbocycles. The molecule has 43 heavy (non-hydrogen) atoms. The zero-order valence-corrected chi connectivity index (χ0v) is 25.5. The molecule has 1 fully saturated rings. The summed E-state index contributed by atoms with van der Waals surface area (Å²) < 4.78 is 33.0. The van der Waals surface area contributed by atoms with Gasteiger partial charge in [-0.2, -0.15) is 0 Å². The van der Waals surface area contributed by atoms with Crippen LogP contribution in [0.2, 0.25) is 0 Å². The maximum atomic E-state index is 15.1. The number of aldehydes is 1. The second kappa shape index (κ2) is 13.0. The van der Waals surface area contributed by atoms with Crippen LogP contribution in [-0.2, 0) is 43.4 Å². The number of hydrogen-bond donors (Lipinski definition) is 1. The SMILES string of the molecule is CC.CCC(C=O)c1cc2n(c(=O)c1COC)Cc1c-2nc2cc(F)c(C)c3c2c1C(NC(=O)CCC1OCCO1)CC3. The van der Waals surface area contributed by atoms with Crippen molar-refractivity contribution in [3.63, 3.8) is 0 Å². The molecule has 1 saturated heterocycles. The van der Waals surface area contributed by atoms with E-state index >= 15 is 4.39 Å². The van der Waals surface area contributed by atoms with Gasteiger partial charge in [0.15, 0.2) is 6.29 Å². The summed E-state index contributed by atoms with van der Waals surface area (Å²) in [5, 5.41) is 4.05. The zero-order valence-electron chi connectivity index (χ0n) is 25.5. The minimum atomic E-state index is -0.465. The third-order valence-electron chi connectivity index (χ3n) is 8.70. The summed E-state index contributed by atoms with van der Waals surface area (Å²) in [5.41, 5.74) is 5.70. The van der Waals surface area contributed by atoms with E-state index in [0.29, 0.717) is 72.5 Å². The topological polar surface area (TPSA) is 109 Å². The van der Waals surface area contributed by atoms with Crippen molar-refractivity contribution in [1.29, 1.82) is 0 Å². The summed E-state index contributed by atoms with van der Waals surface area (Å²) in [5.74, 6) is -0.916. The Bertz CT molecular complexity index is 1610. The van der Waals surface area contributed by atoms with Gasteiger partial charge in [-0.05, 0) is 54.5 Å². The van der Waals surface area contributed by atoms with Crippen molar-refractivity contribution in [3.8, 4) is 11.4 Å². The smallest absolute Gasteiger partial charge is 0.257 e. The molecule has 2 unspecified atom stereocenters. The molecule has 10 heteroatoms. The van der Waals surface area contributed by atoms with E-state index in [1.165, 1.54) is 13.2 Å². The number of methoxy groups -OCH3 is 1. The number of pyridine rings is 2. The predicted octanol–water partition coefficient (Wildman–Crippen LogP) is 4.99. The van der Waals surface area contributed by atoms with Gasteiger partial charge in [-0.15, -0.1) is 0 Å². The number of aryl methyl sites for hydroxylation is 1. The number of ether oxygens (including phenoxy) is 3. The van der Waals surface area contributed by atoms with Crippen molar-refractivity contribution >= 4 is 23.1 Å².